The summed E-state index contributed by atoms with van der Waals surface area (Å²) in [5, 5.41) is 1.14. The molecule has 12 aromatic rings. The van der Waals surface area contributed by atoms with Gasteiger partial charge in [-0.1, -0.05) is 188 Å². The van der Waals surface area contributed by atoms with Gasteiger partial charge < -0.3 is 14.2 Å². The molecule has 3 nitrogen and oxygen atoms in total. The maximum atomic E-state index is 7.16. The van der Waals surface area contributed by atoms with Gasteiger partial charge in [-0.25, -0.2) is 0 Å². The normalized spacial score (nSPS) is 13.9. The van der Waals surface area contributed by atoms with Crippen molar-refractivity contribution in [3.8, 4) is 55.6 Å². The third-order valence-electron chi connectivity index (χ3n) is 14.9. The van der Waals surface area contributed by atoms with Crippen molar-refractivity contribution in [3.05, 3.63) is 302 Å². The maximum absolute atomic E-state index is 7.16. The zero-order valence-electron chi connectivity index (χ0n) is 39.4. The molecule has 1 atom stereocenters. The van der Waals surface area contributed by atoms with Gasteiger partial charge in [0.2, 0.25) is 0 Å². The molecule has 0 radical (unpaired) electrons. The van der Waals surface area contributed by atoms with Crippen LogP contribution in [-0.4, -0.2) is 0 Å². The molecule has 0 N–H and O–H groups in total. The third kappa shape index (κ3) is 6.59. The topological polar surface area (TPSA) is 19.6 Å². The fraction of sp³-hybridized carbons (Fsp3) is 0.0145. The summed E-state index contributed by atoms with van der Waals surface area (Å²) in [7, 11) is 0. The minimum atomic E-state index is -0.657. The van der Waals surface area contributed by atoms with Crippen LogP contribution in [0.1, 0.15) is 22.5 Å². The van der Waals surface area contributed by atoms with Crippen LogP contribution in [0.4, 0.5) is 34.1 Å². The molecule has 0 fully saturated rings. The van der Waals surface area contributed by atoms with Crippen LogP contribution >= 0.6 is 0 Å². The predicted molar refractivity (Wildman–Crippen MR) is 298 cm³/mol. The van der Waals surface area contributed by atoms with E-state index in [0.29, 0.717) is 0 Å². The molecule has 2 aliphatic rings. The second kappa shape index (κ2) is 16.9. The Kier molecular flexibility index (Phi) is 9.75. The van der Waals surface area contributed by atoms with Crippen molar-refractivity contribution in [2.75, 3.05) is 9.80 Å². The van der Waals surface area contributed by atoms with Crippen LogP contribution in [0.5, 0.6) is 0 Å². The molecule has 0 saturated carbocycles. The van der Waals surface area contributed by atoms with Crippen molar-refractivity contribution < 1.29 is 4.42 Å². The Morgan fingerprint density at radius 2 is 0.667 bits per heavy atom. The predicted octanol–water partition coefficient (Wildman–Crippen LogP) is 18.7. The van der Waals surface area contributed by atoms with E-state index in [0.717, 1.165) is 67.5 Å². The highest BCUT2D eigenvalue weighted by molar-refractivity contribution is 6.05. The zero-order valence-corrected chi connectivity index (χ0v) is 39.4. The monoisotopic (exact) mass is 918 g/mol. The second-order valence-electron chi connectivity index (χ2n) is 18.8. The van der Waals surface area contributed by atoms with Gasteiger partial charge >= 0.3 is 0 Å². The van der Waals surface area contributed by atoms with Gasteiger partial charge in [0.15, 0.2) is 0 Å². The van der Waals surface area contributed by atoms with E-state index in [2.05, 4.69) is 289 Å². The summed E-state index contributed by atoms with van der Waals surface area (Å²) < 4.78 is 7.16. The molecule has 72 heavy (non-hydrogen) atoms. The number of hydrogen-bond acceptors (Lipinski definition) is 3. The van der Waals surface area contributed by atoms with E-state index >= 15 is 0 Å². The van der Waals surface area contributed by atoms with Gasteiger partial charge in [0.05, 0.1) is 0 Å². The second-order valence-corrected chi connectivity index (χ2v) is 18.8. The molecule has 2 aliphatic carbocycles. The van der Waals surface area contributed by atoms with Crippen LogP contribution in [0.2, 0.25) is 0 Å². The van der Waals surface area contributed by atoms with Gasteiger partial charge in [-0.2, -0.15) is 0 Å². The fourth-order valence-electron chi connectivity index (χ4n) is 11.6. The quantitative estimate of drug-likeness (QED) is 0.144. The van der Waals surface area contributed by atoms with Gasteiger partial charge in [0.1, 0.15) is 16.8 Å². The van der Waals surface area contributed by atoms with E-state index in [1.165, 1.54) is 55.6 Å². The van der Waals surface area contributed by atoms with Crippen molar-refractivity contribution in [2.24, 2.45) is 0 Å². The van der Waals surface area contributed by atoms with Crippen LogP contribution in [0.25, 0.3) is 66.6 Å². The van der Waals surface area contributed by atoms with Gasteiger partial charge in [0, 0.05) is 45.1 Å². The first-order valence-corrected chi connectivity index (χ1v) is 24.7. The first-order valence-electron chi connectivity index (χ1n) is 24.7. The molecule has 0 amide bonds. The Labute approximate surface area is 419 Å². The molecule has 0 saturated heterocycles. The highest BCUT2D eigenvalue weighted by atomic mass is 16.3. The fourth-order valence-corrected chi connectivity index (χ4v) is 11.6. The number of benzene rings is 11. The van der Waals surface area contributed by atoms with Crippen LogP contribution in [0.3, 0.4) is 0 Å². The lowest BCUT2D eigenvalue weighted by Crippen LogP contribution is -2.25. The molecule has 14 rings (SSSR count). The molecule has 1 unspecified atom stereocenters. The molecule has 3 heteroatoms. The molecule has 1 aromatic heterocycles. The maximum Gasteiger partial charge on any atom is 0.135 e. The summed E-state index contributed by atoms with van der Waals surface area (Å²) >= 11 is 0. The van der Waals surface area contributed by atoms with Gasteiger partial charge in [-0.05, 0) is 158 Å². The molecular formula is C69H46N2O. The number of furan rings is 1. The van der Waals surface area contributed by atoms with E-state index in [1.807, 2.05) is 0 Å². The summed E-state index contributed by atoms with van der Waals surface area (Å²) in [5.74, 6) is 0.994. The molecule has 11 aromatic carbocycles. The van der Waals surface area contributed by atoms with Crippen molar-refractivity contribution in [3.63, 3.8) is 0 Å². The number of hydrogen-bond donors (Lipinski definition) is 0. The summed E-state index contributed by atoms with van der Waals surface area (Å²) in [6, 6.07) is 101. The molecule has 338 valence electrons. The number of anilines is 6. The van der Waals surface area contributed by atoms with Crippen molar-refractivity contribution in [1.82, 2.24) is 0 Å². The number of fused-ring (bicyclic) bond motifs is 12. The summed E-state index contributed by atoms with van der Waals surface area (Å²) in [5.41, 5.74) is 22.6. The Morgan fingerprint density at radius 3 is 1.24 bits per heavy atom. The molecule has 0 bridgehead atoms. The van der Waals surface area contributed by atoms with Crippen LogP contribution in [0.15, 0.2) is 283 Å². The number of rotatable bonds is 9. The van der Waals surface area contributed by atoms with Crippen molar-refractivity contribution in [2.45, 2.75) is 5.41 Å². The van der Waals surface area contributed by atoms with Gasteiger partial charge in [0.25, 0.3) is 0 Å². The molecule has 1 spiro atoms. The largest absolute Gasteiger partial charge is 0.459 e. The zero-order chi connectivity index (χ0) is 47.6. The van der Waals surface area contributed by atoms with Gasteiger partial charge in [-0.15, -0.1) is 0 Å². The summed E-state index contributed by atoms with van der Waals surface area (Å²) in [4.78, 5) is 4.64. The SMILES string of the molecule is c1ccc(-c2ccc(N(c3ccccc3)c3ccc(-c4ccc5c(c4)C4(c6ccccc6-c6cc(-c7ccc(N(c8ccccc8)c8ccccc8)cc7)ccc64)c4oc6ccccc6c4-5)cc3)cc2)cc1. The average Bonchev–Trinajstić information content (AvgIpc) is 4.09. The highest BCUT2D eigenvalue weighted by Gasteiger charge is 2.55. The van der Waals surface area contributed by atoms with Crippen molar-refractivity contribution in [1.29, 1.82) is 0 Å². The first-order chi connectivity index (χ1) is 35.7. The van der Waals surface area contributed by atoms with Crippen LogP contribution in [0, 0.1) is 0 Å². The van der Waals surface area contributed by atoms with Gasteiger partial charge in [-0.3, -0.25) is 0 Å². The van der Waals surface area contributed by atoms with E-state index in [1.54, 1.807) is 0 Å². The number of para-hydroxylation sites is 4. The Bertz CT molecular complexity index is 3900. The Balaban J connectivity index is 0.870. The molecule has 0 aliphatic heterocycles. The van der Waals surface area contributed by atoms with Crippen LogP contribution in [-0.2, 0) is 5.41 Å². The Hall–Kier alpha value is -9.44. The average molecular weight is 919 g/mol. The van der Waals surface area contributed by atoms with E-state index < -0.39 is 5.41 Å². The third-order valence-corrected chi connectivity index (χ3v) is 14.9. The summed E-state index contributed by atoms with van der Waals surface area (Å²) in [6.07, 6.45) is 0. The minimum Gasteiger partial charge on any atom is -0.459 e. The first kappa shape index (κ1) is 41.5. The molecule has 1 heterocycles. The van der Waals surface area contributed by atoms with Crippen molar-refractivity contribution >= 4 is 45.1 Å². The lowest BCUT2D eigenvalue weighted by molar-refractivity contribution is 0.507. The molecular weight excluding hydrogens is 873 g/mol. The lowest BCUT2D eigenvalue weighted by Gasteiger charge is -2.29. The highest BCUT2D eigenvalue weighted by Crippen LogP contribution is 2.65. The van der Waals surface area contributed by atoms with E-state index in [9.17, 15) is 0 Å². The summed E-state index contributed by atoms with van der Waals surface area (Å²) in [6.45, 7) is 0. The standard InChI is InChI=1S/C69H46N2O/c1-5-17-47(18-6-1)48-29-37-57(38-30-48)71(55-23-11-4-12-24-55)58-41-33-50(34-42-58)52-35-43-60-65(46-52)69(68-67(60)61-26-14-16-28-66(61)72-68)63-27-15-13-25-59(63)62-45-51(36-44-64(62)69)49-31-39-56(40-32-49)70(53-19-7-2-8-20-53)54-21-9-3-10-22-54/h1-46H. The number of nitrogens with zero attached hydrogens (tertiary/aromatic N) is 2. The minimum absolute atomic E-state index is 0.657. The Morgan fingerprint density at radius 1 is 0.264 bits per heavy atom. The van der Waals surface area contributed by atoms with Crippen LogP contribution < -0.4 is 9.80 Å². The van der Waals surface area contributed by atoms with E-state index in [4.69, 9.17) is 4.42 Å². The van der Waals surface area contributed by atoms with E-state index in [-0.39, 0.29) is 0 Å². The smallest absolute Gasteiger partial charge is 0.135 e. The lowest BCUT2D eigenvalue weighted by atomic mass is 9.72.